The van der Waals surface area contributed by atoms with Gasteiger partial charge in [0, 0.05) is 31.6 Å². The smallest absolute Gasteiger partial charge is 0.255 e. The van der Waals surface area contributed by atoms with E-state index in [1.807, 2.05) is 12.1 Å². The van der Waals surface area contributed by atoms with Gasteiger partial charge < -0.3 is 16.0 Å². The number of carbonyl (C=O) groups excluding carboxylic acids is 4. The maximum absolute atomic E-state index is 12.8. The average molecular weight is 427 g/mol. The van der Waals surface area contributed by atoms with Crippen LogP contribution in [0.1, 0.15) is 66.4 Å². The van der Waals surface area contributed by atoms with Crippen LogP contribution in [0.2, 0.25) is 0 Å². The number of amides is 4. The molecule has 8 heteroatoms. The zero-order chi connectivity index (χ0) is 22.0. The molecule has 2 aliphatic heterocycles. The van der Waals surface area contributed by atoms with Crippen LogP contribution in [-0.2, 0) is 27.5 Å². The second-order valence-electron chi connectivity index (χ2n) is 8.85. The molecule has 0 aromatic heterocycles. The molecule has 31 heavy (non-hydrogen) atoms. The minimum absolute atomic E-state index is 0.00357. The lowest BCUT2D eigenvalue weighted by molar-refractivity contribution is -0.137. The van der Waals surface area contributed by atoms with Crippen LogP contribution in [0.3, 0.4) is 0 Å². The van der Waals surface area contributed by atoms with Gasteiger partial charge in [-0.25, -0.2) is 0 Å². The largest absolute Gasteiger partial charge is 0.352 e. The molecule has 2 heterocycles. The molecule has 0 spiro atoms. The fourth-order valence-electron chi connectivity index (χ4n) is 5.11. The Balaban J connectivity index is 1.38. The summed E-state index contributed by atoms with van der Waals surface area (Å²) in [5, 5.41) is 5.33. The molecule has 0 radical (unpaired) electrons. The van der Waals surface area contributed by atoms with Crippen molar-refractivity contribution in [2.75, 3.05) is 6.54 Å². The Labute approximate surface area is 181 Å². The average Bonchev–Trinajstić information content (AvgIpc) is 3.09. The van der Waals surface area contributed by atoms with Gasteiger partial charge in [-0.05, 0) is 42.4 Å². The second kappa shape index (κ2) is 9.18. The Kier molecular flexibility index (Phi) is 6.36. The minimum atomic E-state index is -0.624. The molecular weight excluding hydrogens is 396 g/mol. The predicted molar refractivity (Wildman–Crippen MR) is 113 cm³/mol. The van der Waals surface area contributed by atoms with Gasteiger partial charge in [0.2, 0.25) is 17.7 Å². The van der Waals surface area contributed by atoms with Crippen molar-refractivity contribution in [2.45, 2.75) is 64.1 Å². The first-order valence-electron chi connectivity index (χ1n) is 11.2. The van der Waals surface area contributed by atoms with Crippen LogP contribution in [-0.4, -0.2) is 41.1 Å². The molecule has 4 amide bonds. The fourth-order valence-corrected chi connectivity index (χ4v) is 5.11. The Morgan fingerprint density at radius 2 is 1.94 bits per heavy atom. The molecular formula is C23H30N4O4. The number of fused-ring (bicyclic) bond motifs is 1. The van der Waals surface area contributed by atoms with Gasteiger partial charge in [0.1, 0.15) is 6.04 Å². The van der Waals surface area contributed by atoms with E-state index in [1.54, 1.807) is 6.07 Å². The number of imide groups is 1. The standard InChI is InChI=1S/C23H30N4O4/c24-11-18(15-4-2-1-3-5-15)21(29)25-12-14-6-7-17-16(10-14)13-27(23(17)31)19-8-9-20(28)26-22(19)30/h6-7,10,15,18-19H,1-5,8-9,11-13,24H2,(H,25,29)(H,26,28,30). The normalized spacial score (nSPS) is 22.8. The maximum atomic E-state index is 12.8. The van der Waals surface area contributed by atoms with E-state index in [0.717, 1.165) is 36.8 Å². The van der Waals surface area contributed by atoms with Crippen LogP contribution in [0.15, 0.2) is 18.2 Å². The Hall–Kier alpha value is -2.74. The number of hydrogen-bond acceptors (Lipinski definition) is 5. The van der Waals surface area contributed by atoms with Gasteiger partial charge in [-0.15, -0.1) is 0 Å². The van der Waals surface area contributed by atoms with Crippen LogP contribution in [0.4, 0.5) is 0 Å². The lowest BCUT2D eigenvalue weighted by Crippen LogP contribution is -2.52. The molecule has 2 unspecified atom stereocenters. The topological polar surface area (TPSA) is 122 Å². The number of piperidine rings is 1. The highest BCUT2D eigenvalue weighted by Crippen LogP contribution is 2.30. The summed E-state index contributed by atoms with van der Waals surface area (Å²) < 4.78 is 0. The number of nitrogens with two attached hydrogens (primary N) is 1. The number of nitrogens with zero attached hydrogens (tertiary/aromatic N) is 1. The summed E-state index contributed by atoms with van der Waals surface area (Å²) in [4.78, 5) is 50.6. The zero-order valence-electron chi connectivity index (χ0n) is 17.7. The Morgan fingerprint density at radius 3 is 2.65 bits per heavy atom. The molecule has 2 fully saturated rings. The first-order valence-corrected chi connectivity index (χ1v) is 11.2. The van der Waals surface area contributed by atoms with Crippen molar-refractivity contribution in [2.24, 2.45) is 17.6 Å². The van der Waals surface area contributed by atoms with E-state index in [4.69, 9.17) is 5.73 Å². The van der Waals surface area contributed by atoms with Crippen molar-refractivity contribution in [3.63, 3.8) is 0 Å². The molecule has 8 nitrogen and oxygen atoms in total. The molecule has 1 aromatic carbocycles. The summed E-state index contributed by atoms with van der Waals surface area (Å²) in [6.45, 7) is 1.06. The van der Waals surface area contributed by atoms with Crippen molar-refractivity contribution in [1.29, 1.82) is 0 Å². The molecule has 4 rings (SSSR count). The van der Waals surface area contributed by atoms with Crippen molar-refractivity contribution >= 4 is 23.6 Å². The Morgan fingerprint density at radius 1 is 1.16 bits per heavy atom. The second-order valence-corrected chi connectivity index (χ2v) is 8.85. The summed E-state index contributed by atoms with van der Waals surface area (Å²) >= 11 is 0. The molecule has 2 atom stereocenters. The summed E-state index contributed by atoms with van der Waals surface area (Å²) in [6.07, 6.45) is 6.26. The van der Waals surface area contributed by atoms with E-state index in [-0.39, 0.29) is 30.1 Å². The van der Waals surface area contributed by atoms with E-state index >= 15 is 0 Å². The molecule has 4 N–H and O–H groups in total. The number of benzene rings is 1. The highest BCUT2D eigenvalue weighted by atomic mass is 16.2. The van der Waals surface area contributed by atoms with Gasteiger partial charge in [0.15, 0.2) is 0 Å². The molecule has 166 valence electrons. The van der Waals surface area contributed by atoms with Crippen molar-refractivity contribution in [1.82, 2.24) is 15.5 Å². The van der Waals surface area contributed by atoms with Crippen molar-refractivity contribution in [3.05, 3.63) is 34.9 Å². The highest BCUT2D eigenvalue weighted by molar-refractivity contribution is 6.05. The predicted octanol–water partition coefficient (Wildman–Crippen LogP) is 1.22. The van der Waals surface area contributed by atoms with E-state index in [9.17, 15) is 19.2 Å². The molecule has 1 aliphatic carbocycles. The number of rotatable bonds is 6. The first-order chi connectivity index (χ1) is 15.0. The molecule has 1 saturated carbocycles. The molecule has 1 saturated heterocycles. The van der Waals surface area contributed by atoms with Crippen molar-refractivity contribution < 1.29 is 19.2 Å². The van der Waals surface area contributed by atoms with Crippen LogP contribution in [0.25, 0.3) is 0 Å². The van der Waals surface area contributed by atoms with E-state index < -0.39 is 11.9 Å². The first kappa shape index (κ1) is 21.5. The Bertz CT molecular complexity index is 894. The third-order valence-electron chi connectivity index (χ3n) is 6.86. The van der Waals surface area contributed by atoms with Gasteiger partial charge >= 0.3 is 0 Å². The number of carbonyl (C=O) groups is 4. The lowest BCUT2D eigenvalue weighted by atomic mass is 9.79. The van der Waals surface area contributed by atoms with Crippen LogP contribution >= 0.6 is 0 Å². The van der Waals surface area contributed by atoms with Gasteiger partial charge in [-0.1, -0.05) is 31.4 Å². The number of nitrogens with one attached hydrogen (secondary N) is 2. The van der Waals surface area contributed by atoms with Gasteiger partial charge in [-0.3, -0.25) is 24.5 Å². The number of hydrogen-bond donors (Lipinski definition) is 3. The summed E-state index contributed by atoms with van der Waals surface area (Å²) in [6, 6.07) is 4.88. The molecule has 3 aliphatic rings. The van der Waals surface area contributed by atoms with Gasteiger partial charge in [0.25, 0.3) is 5.91 Å². The van der Waals surface area contributed by atoms with Crippen LogP contribution < -0.4 is 16.4 Å². The van der Waals surface area contributed by atoms with E-state index in [1.165, 1.54) is 11.3 Å². The maximum Gasteiger partial charge on any atom is 0.255 e. The highest BCUT2D eigenvalue weighted by Gasteiger charge is 2.39. The quantitative estimate of drug-likeness (QED) is 0.591. The lowest BCUT2D eigenvalue weighted by Gasteiger charge is -2.29. The molecule has 1 aromatic rings. The molecule has 0 bridgehead atoms. The summed E-state index contributed by atoms with van der Waals surface area (Å²) in [5.74, 6) is -0.706. The zero-order valence-corrected chi connectivity index (χ0v) is 17.7. The van der Waals surface area contributed by atoms with Crippen molar-refractivity contribution in [3.8, 4) is 0 Å². The van der Waals surface area contributed by atoms with Gasteiger partial charge in [-0.2, -0.15) is 0 Å². The third-order valence-corrected chi connectivity index (χ3v) is 6.86. The summed E-state index contributed by atoms with van der Waals surface area (Å²) in [5.41, 5.74) is 8.23. The van der Waals surface area contributed by atoms with Gasteiger partial charge in [0.05, 0.1) is 5.92 Å². The van der Waals surface area contributed by atoms with Crippen LogP contribution in [0, 0.1) is 11.8 Å². The fraction of sp³-hybridized carbons (Fsp3) is 0.565. The van der Waals surface area contributed by atoms with E-state index in [2.05, 4.69) is 10.6 Å². The summed E-state index contributed by atoms with van der Waals surface area (Å²) in [7, 11) is 0. The SMILES string of the molecule is NCC(C(=O)NCc1ccc2c(c1)CN(C1CCC(=O)NC1=O)C2=O)C1CCCCC1. The third kappa shape index (κ3) is 4.49. The van der Waals surface area contributed by atoms with E-state index in [0.29, 0.717) is 37.5 Å². The minimum Gasteiger partial charge on any atom is -0.352 e. The van der Waals surface area contributed by atoms with Crippen LogP contribution in [0.5, 0.6) is 0 Å². The monoisotopic (exact) mass is 426 g/mol.